The van der Waals surface area contributed by atoms with E-state index in [9.17, 15) is 29.1 Å². The lowest BCUT2D eigenvalue weighted by molar-refractivity contribution is -0.133. The SMILES string of the molecule is O=C(O)C1=CC2C(=O)C(=O)c3nc(C(=O)O)cc(C(=O)O)c3C2N1. The summed E-state index contributed by atoms with van der Waals surface area (Å²) in [6.07, 6.45) is 1.03. The molecule has 2 heterocycles. The van der Waals surface area contributed by atoms with Crippen molar-refractivity contribution in [1.82, 2.24) is 10.3 Å². The highest BCUT2D eigenvalue weighted by atomic mass is 16.4. The summed E-state index contributed by atoms with van der Waals surface area (Å²) in [7, 11) is 0. The molecule has 1 aliphatic heterocycles. The van der Waals surface area contributed by atoms with Gasteiger partial charge in [0, 0.05) is 5.56 Å². The van der Waals surface area contributed by atoms with Crippen molar-refractivity contribution < 1.29 is 39.3 Å². The number of rotatable bonds is 3. The number of Topliss-reactive ketones (excluding diaryl/α,β-unsaturated/α-hetero) is 2. The van der Waals surface area contributed by atoms with Crippen molar-refractivity contribution in [3.05, 3.63) is 40.4 Å². The summed E-state index contributed by atoms with van der Waals surface area (Å²) in [6.45, 7) is 0. The Morgan fingerprint density at radius 1 is 1.04 bits per heavy atom. The van der Waals surface area contributed by atoms with Gasteiger partial charge in [0.15, 0.2) is 0 Å². The molecule has 0 spiro atoms. The van der Waals surface area contributed by atoms with Crippen LogP contribution in [0.15, 0.2) is 17.8 Å². The Kier molecular flexibility index (Phi) is 3.18. The minimum atomic E-state index is -1.56. The molecule has 2 aliphatic rings. The van der Waals surface area contributed by atoms with Crippen molar-refractivity contribution in [2.45, 2.75) is 6.04 Å². The number of carbonyl (C=O) groups excluding carboxylic acids is 2. The van der Waals surface area contributed by atoms with Crippen molar-refractivity contribution in [2.75, 3.05) is 0 Å². The van der Waals surface area contributed by atoms with Gasteiger partial charge in [-0.15, -0.1) is 0 Å². The summed E-state index contributed by atoms with van der Waals surface area (Å²) in [6, 6.07) is -0.345. The fourth-order valence-corrected chi connectivity index (χ4v) is 2.79. The van der Waals surface area contributed by atoms with Gasteiger partial charge in [0.25, 0.3) is 0 Å². The summed E-state index contributed by atoms with van der Waals surface area (Å²) in [5, 5.41) is 29.8. The third-order valence-electron chi connectivity index (χ3n) is 3.81. The van der Waals surface area contributed by atoms with Gasteiger partial charge in [0.05, 0.1) is 17.5 Å². The first-order valence-electron chi connectivity index (χ1n) is 6.54. The molecule has 0 aromatic carbocycles. The van der Waals surface area contributed by atoms with E-state index in [2.05, 4.69) is 10.3 Å². The van der Waals surface area contributed by atoms with E-state index in [-0.39, 0.29) is 11.3 Å². The Labute approximate surface area is 132 Å². The van der Waals surface area contributed by atoms with Crippen LogP contribution in [0, 0.1) is 5.92 Å². The summed E-state index contributed by atoms with van der Waals surface area (Å²) >= 11 is 0. The van der Waals surface area contributed by atoms with Crippen molar-refractivity contribution in [2.24, 2.45) is 5.92 Å². The van der Waals surface area contributed by atoms with E-state index in [1.165, 1.54) is 0 Å². The normalized spacial score (nSPS) is 21.4. The van der Waals surface area contributed by atoms with Crippen molar-refractivity contribution in [3.63, 3.8) is 0 Å². The predicted octanol–water partition coefficient (Wildman–Crippen LogP) is -0.528. The Morgan fingerprint density at radius 2 is 1.71 bits per heavy atom. The summed E-state index contributed by atoms with van der Waals surface area (Å²) in [4.78, 5) is 61.5. The van der Waals surface area contributed by atoms with E-state index in [0.717, 1.165) is 12.1 Å². The number of carboxylic acids is 3. The number of carbonyl (C=O) groups is 5. The quantitative estimate of drug-likeness (QED) is 0.527. The van der Waals surface area contributed by atoms with Crippen LogP contribution in [0.4, 0.5) is 0 Å². The highest BCUT2D eigenvalue weighted by Gasteiger charge is 2.47. The van der Waals surface area contributed by atoms with Gasteiger partial charge >= 0.3 is 17.9 Å². The van der Waals surface area contributed by atoms with Crippen LogP contribution in [-0.4, -0.2) is 49.8 Å². The van der Waals surface area contributed by atoms with Crippen molar-refractivity contribution in [3.8, 4) is 0 Å². The minimum Gasteiger partial charge on any atom is -0.478 e. The van der Waals surface area contributed by atoms with E-state index < -0.39 is 58.4 Å². The van der Waals surface area contributed by atoms with Crippen LogP contribution in [-0.2, 0) is 9.59 Å². The van der Waals surface area contributed by atoms with E-state index >= 15 is 0 Å². The Bertz CT molecular complexity index is 885. The molecule has 2 atom stereocenters. The smallest absolute Gasteiger partial charge is 0.354 e. The fourth-order valence-electron chi connectivity index (χ4n) is 2.79. The lowest BCUT2D eigenvalue weighted by Crippen LogP contribution is -2.39. The van der Waals surface area contributed by atoms with Crippen LogP contribution in [0.5, 0.6) is 0 Å². The molecule has 0 saturated heterocycles. The molecular weight excluding hydrogens is 324 g/mol. The molecule has 0 amide bonds. The number of aromatic nitrogens is 1. The molecule has 0 saturated carbocycles. The maximum atomic E-state index is 12.2. The number of fused-ring (bicyclic) bond motifs is 3. The lowest BCUT2D eigenvalue weighted by Gasteiger charge is -2.27. The third-order valence-corrected chi connectivity index (χ3v) is 3.81. The molecule has 0 fully saturated rings. The zero-order valence-electron chi connectivity index (χ0n) is 11.6. The number of ketones is 2. The molecule has 0 radical (unpaired) electrons. The van der Waals surface area contributed by atoms with E-state index in [0.29, 0.717) is 0 Å². The average molecular weight is 332 g/mol. The fraction of sp³-hybridized carbons (Fsp3) is 0.143. The average Bonchev–Trinajstić information content (AvgIpc) is 2.96. The Balaban J connectivity index is 2.27. The zero-order valence-corrected chi connectivity index (χ0v) is 11.6. The lowest BCUT2D eigenvalue weighted by atomic mass is 9.79. The number of hydrogen-bond acceptors (Lipinski definition) is 7. The Hall–Kier alpha value is -3.56. The number of aromatic carboxylic acids is 2. The van der Waals surface area contributed by atoms with Crippen LogP contribution >= 0.6 is 0 Å². The summed E-state index contributed by atoms with van der Waals surface area (Å²) < 4.78 is 0. The van der Waals surface area contributed by atoms with Crippen LogP contribution < -0.4 is 5.32 Å². The standard InChI is InChI=1S/C14H8N2O8/c17-10-4-2-6(14(23)24)15-8(4)7-3(12(19)20)1-5(13(21)22)16-9(7)11(10)18/h1-2,4,8,15H,(H,19,20)(H,21,22)(H,23,24). The second-order valence-corrected chi connectivity index (χ2v) is 5.15. The van der Waals surface area contributed by atoms with Gasteiger partial charge in [-0.2, -0.15) is 0 Å². The largest absolute Gasteiger partial charge is 0.478 e. The molecule has 122 valence electrons. The molecule has 1 aliphatic carbocycles. The van der Waals surface area contributed by atoms with Crippen LogP contribution in [0.25, 0.3) is 0 Å². The molecule has 4 N–H and O–H groups in total. The van der Waals surface area contributed by atoms with E-state index in [1.54, 1.807) is 0 Å². The second-order valence-electron chi connectivity index (χ2n) is 5.15. The predicted molar refractivity (Wildman–Crippen MR) is 72.6 cm³/mol. The first-order chi connectivity index (χ1) is 11.2. The van der Waals surface area contributed by atoms with Gasteiger partial charge in [-0.25, -0.2) is 19.4 Å². The maximum Gasteiger partial charge on any atom is 0.354 e. The number of hydrogen-bond donors (Lipinski definition) is 4. The van der Waals surface area contributed by atoms with E-state index in [1.807, 2.05) is 0 Å². The molecule has 2 unspecified atom stereocenters. The highest BCUT2D eigenvalue weighted by Crippen LogP contribution is 2.39. The van der Waals surface area contributed by atoms with Crippen molar-refractivity contribution >= 4 is 29.5 Å². The number of nitrogens with one attached hydrogen (secondary N) is 1. The van der Waals surface area contributed by atoms with Gasteiger partial charge in [0.2, 0.25) is 11.6 Å². The van der Waals surface area contributed by atoms with Crippen LogP contribution in [0.2, 0.25) is 0 Å². The summed E-state index contributed by atoms with van der Waals surface area (Å²) in [5.41, 5.74) is -2.37. The molecule has 3 rings (SSSR count). The molecule has 0 bridgehead atoms. The number of pyridine rings is 1. The first-order valence-corrected chi connectivity index (χ1v) is 6.54. The second kappa shape index (κ2) is 4.98. The van der Waals surface area contributed by atoms with Gasteiger partial charge < -0.3 is 20.6 Å². The summed E-state index contributed by atoms with van der Waals surface area (Å²) in [5.74, 6) is -7.79. The first kappa shape index (κ1) is 15.3. The molecule has 10 nitrogen and oxygen atoms in total. The Morgan fingerprint density at radius 3 is 2.25 bits per heavy atom. The molecular formula is C14H8N2O8. The highest BCUT2D eigenvalue weighted by molar-refractivity contribution is 6.46. The number of nitrogens with zero attached hydrogens (tertiary/aromatic N) is 1. The van der Waals surface area contributed by atoms with Crippen LogP contribution in [0.1, 0.15) is 42.9 Å². The molecule has 24 heavy (non-hydrogen) atoms. The van der Waals surface area contributed by atoms with Gasteiger partial charge in [-0.3, -0.25) is 9.59 Å². The monoisotopic (exact) mass is 332 g/mol. The number of carboxylic acid groups (broad SMARTS) is 3. The molecule has 10 heteroatoms. The van der Waals surface area contributed by atoms with Gasteiger partial charge in [-0.05, 0) is 12.1 Å². The van der Waals surface area contributed by atoms with Gasteiger partial charge in [-0.1, -0.05) is 0 Å². The molecule has 1 aromatic rings. The maximum absolute atomic E-state index is 12.2. The van der Waals surface area contributed by atoms with Gasteiger partial charge in [0.1, 0.15) is 17.1 Å². The van der Waals surface area contributed by atoms with E-state index in [4.69, 9.17) is 10.2 Å². The zero-order chi connectivity index (χ0) is 17.8. The van der Waals surface area contributed by atoms with Crippen LogP contribution in [0.3, 0.4) is 0 Å². The number of aliphatic carboxylic acids is 1. The minimum absolute atomic E-state index is 0.199. The molecule has 1 aromatic heterocycles. The topological polar surface area (TPSA) is 171 Å². The third kappa shape index (κ3) is 2.04. The van der Waals surface area contributed by atoms with Crippen molar-refractivity contribution in [1.29, 1.82) is 0 Å².